The van der Waals surface area contributed by atoms with Gasteiger partial charge in [0.15, 0.2) is 0 Å². The summed E-state index contributed by atoms with van der Waals surface area (Å²) in [6, 6.07) is 8.07. The fourth-order valence-electron chi connectivity index (χ4n) is 3.62. The maximum Gasteiger partial charge on any atom is 0.338 e. The summed E-state index contributed by atoms with van der Waals surface area (Å²) >= 11 is 0. The van der Waals surface area contributed by atoms with Crippen molar-refractivity contribution >= 4 is 17.6 Å². The topological polar surface area (TPSA) is 35.5 Å². The first-order chi connectivity index (χ1) is 15.3. The lowest BCUT2D eigenvalue weighted by molar-refractivity contribution is -0.150. The molecule has 1 aromatic rings. The van der Waals surface area contributed by atoms with Crippen LogP contribution in [0.4, 0.5) is 0 Å². The molecule has 0 atom stereocenters. The summed E-state index contributed by atoms with van der Waals surface area (Å²) in [4.78, 5) is 13.0. The highest BCUT2D eigenvalue weighted by Gasteiger charge is 2.22. The monoisotopic (exact) mass is 430 g/mol. The van der Waals surface area contributed by atoms with Crippen molar-refractivity contribution in [1.29, 1.82) is 0 Å². The van der Waals surface area contributed by atoms with E-state index in [2.05, 4.69) is 31.7 Å². The number of hydrogen-bond donors (Lipinski definition) is 0. The molecule has 32 heavy (non-hydrogen) atoms. The highest BCUT2D eigenvalue weighted by molar-refractivity contribution is 5.94. The van der Waals surface area contributed by atoms with Crippen molar-refractivity contribution in [3.8, 4) is 0 Å². The van der Waals surface area contributed by atoms with Crippen LogP contribution in [0.5, 0.6) is 0 Å². The Hall–Kier alpha value is -3.07. The Bertz CT molecular complexity index is 1010. The summed E-state index contributed by atoms with van der Waals surface area (Å²) < 4.78 is 11.9. The zero-order valence-corrected chi connectivity index (χ0v) is 19.7. The molecule has 0 aliphatic heterocycles. The second kappa shape index (κ2) is 10.5. The van der Waals surface area contributed by atoms with E-state index in [4.69, 9.17) is 9.47 Å². The van der Waals surface area contributed by atoms with E-state index in [-0.39, 0.29) is 12.6 Å². The minimum Gasteiger partial charge on any atom is -0.488 e. The molecule has 0 spiro atoms. The third-order valence-corrected chi connectivity index (χ3v) is 5.37. The van der Waals surface area contributed by atoms with E-state index in [0.29, 0.717) is 5.57 Å². The molecule has 3 nitrogen and oxygen atoms in total. The van der Waals surface area contributed by atoms with Gasteiger partial charge in [0.2, 0.25) is 0 Å². The van der Waals surface area contributed by atoms with Gasteiger partial charge in [0.25, 0.3) is 0 Å². The number of fused-ring (bicyclic) bond motifs is 1. The van der Waals surface area contributed by atoms with Crippen molar-refractivity contribution in [3.63, 3.8) is 0 Å². The van der Waals surface area contributed by atoms with Gasteiger partial charge < -0.3 is 9.47 Å². The molecule has 2 aliphatic rings. The van der Waals surface area contributed by atoms with Gasteiger partial charge in [-0.3, -0.25) is 0 Å². The number of benzene rings is 1. The van der Waals surface area contributed by atoms with Crippen LogP contribution in [0, 0.1) is 0 Å². The van der Waals surface area contributed by atoms with E-state index in [0.717, 1.165) is 53.7 Å². The number of esters is 1. The summed E-state index contributed by atoms with van der Waals surface area (Å²) in [5.41, 5.74) is 5.45. The van der Waals surface area contributed by atoms with Crippen molar-refractivity contribution in [2.24, 2.45) is 0 Å². The summed E-state index contributed by atoms with van der Waals surface area (Å²) in [7, 11) is 0. The van der Waals surface area contributed by atoms with Gasteiger partial charge in [-0.1, -0.05) is 62.1 Å². The molecule has 0 saturated carbocycles. The van der Waals surface area contributed by atoms with Crippen molar-refractivity contribution < 1.29 is 14.3 Å². The maximum absolute atomic E-state index is 13.0. The van der Waals surface area contributed by atoms with Gasteiger partial charge in [-0.25, -0.2) is 4.79 Å². The van der Waals surface area contributed by atoms with E-state index in [1.807, 2.05) is 63.3 Å². The molecule has 0 bridgehead atoms. The van der Waals surface area contributed by atoms with Crippen LogP contribution in [0.25, 0.3) is 11.6 Å². The lowest BCUT2D eigenvalue weighted by atomic mass is 9.95. The first-order valence-corrected chi connectivity index (χ1v) is 11.4. The van der Waals surface area contributed by atoms with Crippen LogP contribution in [-0.2, 0) is 14.3 Å². The smallest absolute Gasteiger partial charge is 0.338 e. The van der Waals surface area contributed by atoms with E-state index in [1.54, 1.807) is 0 Å². The Labute approximate surface area is 192 Å². The van der Waals surface area contributed by atoms with Crippen molar-refractivity contribution in [3.05, 3.63) is 94.8 Å². The fourth-order valence-corrected chi connectivity index (χ4v) is 3.62. The lowest BCUT2D eigenvalue weighted by Gasteiger charge is -2.22. The van der Waals surface area contributed by atoms with Gasteiger partial charge in [-0.05, 0) is 80.9 Å². The minimum absolute atomic E-state index is 0.141. The van der Waals surface area contributed by atoms with Crippen molar-refractivity contribution in [2.45, 2.75) is 59.0 Å². The van der Waals surface area contributed by atoms with Crippen LogP contribution in [0.3, 0.4) is 0 Å². The van der Waals surface area contributed by atoms with Crippen LogP contribution in [0.1, 0.15) is 64.5 Å². The quantitative estimate of drug-likeness (QED) is 0.335. The highest BCUT2D eigenvalue weighted by atomic mass is 16.6. The number of ether oxygens (including phenoxy) is 2. The average Bonchev–Trinajstić information content (AvgIpc) is 2.97. The SMILES string of the molecule is C=C(CC)c1ccc(/C=C(\COC2=CC=CCC3=CCCC=C32)C(=O)OC(C)(C)C)cc1. The maximum atomic E-state index is 13.0. The fraction of sp³-hybridized carbons (Fsp3) is 0.345. The molecule has 0 heterocycles. The van der Waals surface area contributed by atoms with E-state index < -0.39 is 5.60 Å². The second-order valence-electron chi connectivity index (χ2n) is 9.13. The summed E-state index contributed by atoms with van der Waals surface area (Å²) in [6.07, 6.45) is 16.4. The van der Waals surface area contributed by atoms with E-state index in [1.165, 1.54) is 5.57 Å². The van der Waals surface area contributed by atoms with Crippen LogP contribution in [-0.4, -0.2) is 18.2 Å². The molecule has 0 radical (unpaired) electrons. The van der Waals surface area contributed by atoms with Gasteiger partial charge in [-0.2, -0.15) is 0 Å². The Morgan fingerprint density at radius 3 is 2.53 bits per heavy atom. The summed E-state index contributed by atoms with van der Waals surface area (Å²) in [6.45, 7) is 11.9. The third-order valence-electron chi connectivity index (χ3n) is 5.37. The third kappa shape index (κ3) is 6.46. The first-order valence-electron chi connectivity index (χ1n) is 11.4. The predicted octanol–water partition coefficient (Wildman–Crippen LogP) is 7.34. The molecular weight excluding hydrogens is 396 g/mol. The zero-order valence-electron chi connectivity index (χ0n) is 19.7. The molecule has 0 saturated heterocycles. The molecule has 2 aliphatic carbocycles. The molecule has 168 valence electrons. The molecule has 0 aromatic heterocycles. The molecule has 0 unspecified atom stereocenters. The summed E-state index contributed by atoms with van der Waals surface area (Å²) in [5.74, 6) is 0.437. The van der Waals surface area contributed by atoms with Gasteiger partial charge in [0.05, 0.1) is 5.57 Å². The Kier molecular flexibility index (Phi) is 7.74. The molecule has 3 heteroatoms. The molecule has 0 amide bonds. The second-order valence-corrected chi connectivity index (χ2v) is 9.13. The first kappa shape index (κ1) is 23.6. The molecule has 3 rings (SSSR count). The normalized spacial score (nSPS) is 16.2. The molecule has 0 N–H and O–H groups in total. The summed E-state index contributed by atoms with van der Waals surface area (Å²) in [5, 5.41) is 0. The van der Waals surface area contributed by atoms with Gasteiger partial charge in [0.1, 0.15) is 18.0 Å². The lowest BCUT2D eigenvalue weighted by Crippen LogP contribution is -2.26. The van der Waals surface area contributed by atoms with Gasteiger partial charge >= 0.3 is 5.97 Å². The average molecular weight is 431 g/mol. The van der Waals surface area contributed by atoms with E-state index >= 15 is 0 Å². The predicted molar refractivity (Wildman–Crippen MR) is 133 cm³/mol. The van der Waals surface area contributed by atoms with Gasteiger partial charge in [0, 0.05) is 5.57 Å². The number of carbonyl (C=O) groups is 1. The standard InChI is InChI=1S/C29H34O3/c1-6-21(2)23-17-15-22(16-18-23)19-25(28(30)32-29(3,4)5)20-31-27-14-10-8-12-24-11-7-9-13-26(24)27/h8,10-11,13-19H,2,6-7,9,12,20H2,1,3-5H3/b25-19+. The number of carbonyl (C=O) groups excluding carboxylic acids is 1. The Balaban J connectivity index is 1.84. The largest absolute Gasteiger partial charge is 0.488 e. The van der Waals surface area contributed by atoms with Crippen molar-refractivity contribution in [2.75, 3.05) is 6.61 Å². The minimum atomic E-state index is -0.578. The van der Waals surface area contributed by atoms with E-state index in [9.17, 15) is 4.79 Å². The molecule has 0 fully saturated rings. The number of allylic oxidation sites excluding steroid dienone is 7. The highest BCUT2D eigenvalue weighted by Crippen LogP contribution is 2.31. The van der Waals surface area contributed by atoms with Gasteiger partial charge in [-0.15, -0.1) is 0 Å². The molecule has 1 aromatic carbocycles. The molecular formula is C29H34O3. The Morgan fingerprint density at radius 1 is 1.12 bits per heavy atom. The Morgan fingerprint density at radius 2 is 1.84 bits per heavy atom. The van der Waals surface area contributed by atoms with Crippen molar-refractivity contribution in [1.82, 2.24) is 0 Å². The van der Waals surface area contributed by atoms with Crippen LogP contribution < -0.4 is 0 Å². The zero-order chi connectivity index (χ0) is 23.1. The van der Waals surface area contributed by atoms with Crippen LogP contribution >= 0.6 is 0 Å². The number of hydrogen-bond acceptors (Lipinski definition) is 3. The van der Waals surface area contributed by atoms with Crippen LogP contribution in [0.2, 0.25) is 0 Å². The van der Waals surface area contributed by atoms with Crippen LogP contribution in [0.15, 0.2) is 83.7 Å². The number of rotatable bonds is 7.